The van der Waals surface area contributed by atoms with Gasteiger partial charge in [-0.2, -0.15) is 0 Å². The molecule has 0 aliphatic carbocycles. The molecule has 0 saturated carbocycles. The molecule has 0 N–H and O–H groups in total. The van der Waals surface area contributed by atoms with Crippen molar-refractivity contribution in [3.8, 4) is 0 Å². The molecular formula is C14H10FNO3S. The highest BCUT2D eigenvalue weighted by Gasteiger charge is 2.18. The average molecular weight is 291 g/mol. The van der Waals surface area contributed by atoms with E-state index in [1.54, 1.807) is 18.2 Å². The van der Waals surface area contributed by atoms with Crippen LogP contribution in [-0.4, -0.2) is 10.7 Å². The quantitative estimate of drug-likeness (QED) is 0.483. The van der Waals surface area contributed by atoms with Gasteiger partial charge in [-0.1, -0.05) is 23.9 Å². The van der Waals surface area contributed by atoms with Crippen molar-refractivity contribution in [1.29, 1.82) is 0 Å². The standard InChI is InChI=1S/C14H10FNO3S/c1-9(17)11-8-10(6-7-13(11)16(18)19)20-14-5-3-2-4-12(14)15/h2-8H,1H3. The summed E-state index contributed by atoms with van der Waals surface area (Å²) in [7, 11) is 0. The van der Waals surface area contributed by atoms with Crippen molar-refractivity contribution in [2.75, 3.05) is 0 Å². The van der Waals surface area contributed by atoms with Crippen molar-refractivity contribution >= 4 is 23.2 Å². The normalized spacial score (nSPS) is 10.3. The van der Waals surface area contributed by atoms with Crippen LogP contribution < -0.4 is 0 Å². The zero-order valence-electron chi connectivity index (χ0n) is 10.5. The minimum absolute atomic E-state index is 0.0244. The van der Waals surface area contributed by atoms with E-state index >= 15 is 0 Å². The minimum Gasteiger partial charge on any atom is -0.294 e. The molecule has 0 radical (unpaired) electrons. The van der Waals surface area contributed by atoms with Crippen LogP contribution in [0.5, 0.6) is 0 Å². The van der Waals surface area contributed by atoms with Crippen LogP contribution in [-0.2, 0) is 0 Å². The number of hydrogen-bond donors (Lipinski definition) is 0. The smallest absolute Gasteiger partial charge is 0.280 e. The lowest BCUT2D eigenvalue weighted by atomic mass is 10.1. The van der Waals surface area contributed by atoms with Gasteiger partial charge in [0.2, 0.25) is 0 Å². The van der Waals surface area contributed by atoms with Crippen molar-refractivity contribution in [2.45, 2.75) is 16.7 Å². The molecule has 0 saturated heterocycles. The summed E-state index contributed by atoms with van der Waals surface area (Å²) in [5.41, 5.74) is -0.216. The first kappa shape index (κ1) is 14.2. The first-order valence-corrected chi connectivity index (χ1v) is 6.52. The zero-order chi connectivity index (χ0) is 14.7. The van der Waals surface area contributed by atoms with Gasteiger partial charge in [-0.25, -0.2) is 4.39 Å². The first-order valence-electron chi connectivity index (χ1n) is 5.71. The van der Waals surface area contributed by atoms with E-state index in [1.807, 2.05) is 0 Å². The lowest BCUT2D eigenvalue weighted by Gasteiger charge is -2.05. The van der Waals surface area contributed by atoms with Gasteiger partial charge in [-0.05, 0) is 31.2 Å². The Bertz CT molecular complexity index is 688. The van der Waals surface area contributed by atoms with E-state index in [-0.39, 0.29) is 17.1 Å². The highest BCUT2D eigenvalue weighted by Crippen LogP contribution is 2.32. The molecular weight excluding hydrogens is 281 g/mol. The summed E-state index contributed by atoms with van der Waals surface area (Å²) < 4.78 is 13.5. The fourth-order valence-corrected chi connectivity index (χ4v) is 2.55. The third-order valence-corrected chi connectivity index (χ3v) is 3.65. The Morgan fingerprint density at radius 2 is 1.95 bits per heavy atom. The molecule has 0 amide bonds. The van der Waals surface area contributed by atoms with E-state index in [0.29, 0.717) is 9.79 Å². The van der Waals surface area contributed by atoms with Gasteiger partial charge in [0.15, 0.2) is 5.78 Å². The summed E-state index contributed by atoms with van der Waals surface area (Å²) in [5, 5.41) is 10.8. The molecule has 0 heterocycles. The van der Waals surface area contributed by atoms with Gasteiger partial charge in [0.25, 0.3) is 5.69 Å². The number of nitro benzene ring substituents is 1. The van der Waals surface area contributed by atoms with Crippen LogP contribution in [0.15, 0.2) is 52.3 Å². The van der Waals surface area contributed by atoms with Crippen LogP contribution in [0, 0.1) is 15.9 Å². The van der Waals surface area contributed by atoms with Crippen molar-refractivity contribution < 1.29 is 14.1 Å². The third kappa shape index (κ3) is 3.03. The van der Waals surface area contributed by atoms with E-state index in [9.17, 15) is 19.3 Å². The lowest BCUT2D eigenvalue weighted by molar-refractivity contribution is -0.385. The Morgan fingerprint density at radius 1 is 1.25 bits per heavy atom. The van der Waals surface area contributed by atoms with Crippen LogP contribution in [0.2, 0.25) is 0 Å². The van der Waals surface area contributed by atoms with Crippen molar-refractivity contribution in [3.63, 3.8) is 0 Å². The molecule has 0 atom stereocenters. The van der Waals surface area contributed by atoms with E-state index in [1.165, 1.54) is 31.2 Å². The molecule has 20 heavy (non-hydrogen) atoms. The second-order valence-corrected chi connectivity index (χ2v) is 5.14. The fraction of sp³-hybridized carbons (Fsp3) is 0.0714. The van der Waals surface area contributed by atoms with Crippen molar-refractivity contribution in [3.05, 3.63) is 64.0 Å². The third-order valence-electron chi connectivity index (χ3n) is 2.61. The Morgan fingerprint density at radius 3 is 2.55 bits per heavy atom. The van der Waals surface area contributed by atoms with Gasteiger partial charge in [-0.3, -0.25) is 14.9 Å². The summed E-state index contributed by atoms with van der Waals surface area (Å²) in [6.07, 6.45) is 0. The summed E-state index contributed by atoms with van der Waals surface area (Å²) in [5.74, 6) is -0.770. The number of halogens is 1. The van der Waals surface area contributed by atoms with Crippen LogP contribution in [0.4, 0.5) is 10.1 Å². The number of benzene rings is 2. The van der Waals surface area contributed by atoms with Crippen molar-refractivity contribution in [2.24, 2.45) is 0 Å². The first-order chi connectivity index (χ1) is 9.49. The summed E-state index contributed by atoms with van der Waals surface area (Å²) in [4.78, 5) is 22.7. The van der Waals surface area contributed by atoms with Gasteiger partial charge < -0.3 is 0 Å². The molecule has 4 nitrogen and oxygen atoms in total. The number of nitro groups is 1. The number of carbonyl (C=O) groups excluding carboxylic acids is 1. The maximum atomic E-state index is 13.5. The van der Waals surface area contributed by atoms with Crippen LogP contribution in [0.1, 0.15) is 17.3 Å². The highest BCUT2D eigenvalue weighted by molar-refractivity contribution is 7.99. The zero-order valence-corrected chi connectivity index (χ0v) is 11.3. The molecule has 0 aromatic heterocycles. The van der Waals surface area contributed by atoms with Gasteiger partial charge in [-0.15, -0.1) is 0 Å². The van der Waals surface area contributed by atoms with E-state index in [0.717, 1.165) is 11.8 Å². The Kier molecular flexibility index (Phi) is 4.14. The predicted octanol–water partition coefficient (Wildman–Crippen LogP) is 4.09. The second kappa shape index (κ2) is 5.83. The molecule has 0 fully saturated rings. The number of rotatable bonds is 4. The average Bonchev–Trinajstić information content (AvgIpc) is 2.41. The maximum absolute atomic E-state index is 13.5. The topological polar surface area (TPSA) is 60.2 Å². The Labute approximate surface area is 118 Å². The number of hydrogen-bond acceptors (Lipinski definition) is 4. The second-order valence-electron chi connectivity index (χ2n) is 4.02. The summed E-state index contributed by atoms with van der Waals surface area (Å²) >= 11 is 1.12. The monoisotopic (exact) mass is 291 g/mol. The van der Waals surface area contributed by atoms with Crippen LogP contribution in [0.3, 0.4) is 0 Å². The van der Waals surface area contributed by atoms with E-state index in [2.05, 4.69) is 0 Å². The molecule has 6 heteroatoms. The minimum atomic E-state index is -0.603. The van der Waals surface area contributed by atoms with Gasteiger partial charge in [0, 0.05) is 15.9 Å². The molecule has 2 aromatic rings. The summed E-state index contributed by atoms with van der Waals surface area (Å²) in [6, 6.07) is 10.4. The van der Waals surface area contributed by atoms with E-state index < -0.39 is 10.7 Å². The van der Waals surface area contributed by atoms with Crippen molar-refractivity contribution in [1.82, 2.24) is 0 Å². The maximum Gasteiger partial charge on any atom is 0.280 e. The molecule has 102 valence electrons. The van der Waals surface area contributed by atoms with Crippen LogP contribution >= 0.6 is 11.8 Å². The SMILES string of the molecule is CC(=O)c1cc(Sc2ccccc2F)ccc1[N+](=O)[O-]. The molecule has 2 aromatic carbocycles. The predicted molar refractivity (Wildman–Crippen MR) is 73.6 cm³/mol. The Hall–Kier alpha value is -2.21. The fourth-order valence-electron chi connectivity index (χ4n) is 1.67. The van der Waals surface area contributed by atoms with E-state index in [4.69, 9.17) is 0 Å². The molecule has 0 spiro atoms. The van der Waals surface area contributed by atoms with Crippen LogP contribution in [0.25, 0.3) is 0 Å². The molecule has 2 rings (SSSR count). The number of Topliss-reactive ketones (excluding diaryl/α,β-unsaturated/α-hetero) is 1. The molecule has 0 bridgehead atoms. The Balaban J connectivity index is 2.40. The summed E-state index contributed by atoms with van der Waals surface area (Å²) in [6.45, 7) is 1.26. The number of nitrogens with zero attached hydrogens (tertiary/aromatic N) is 1. The number of carbonyl (C=O) groups is 1. The highest BCUT2D eigenvalue weighted by atomic mass is 32.2. The molecule has 0 aliphatic rings. The molecule has 0 unspecified atom stereocenters. The van der Waals surface area contributed by atoms with Gasteiger partial charge in [0.05, 0.1) is 10.5 Å². The lowest BCUT2D eigenvalue weighted by Crippen LogP contribution is -2.00. The van der Waals surface area contributed by atoms with Gasteiger partial charge in [0.1, 0.15) is 5.82 Å². The number of ketones is 1. The molecule has 0 aliphatic heterocycles. The van der Waals surface area contributed by atoms with Gasteiger partial charge >= 0.3 is 0 Å². The largest absolute Gasteiger partial charge is 0.294 e.